The van der Waals surface area contributed by atoms with Gasteiger partial charge < -0.3 is 5.32 Å². The number of nitrogens with zero attached hydrogens (tertiary/aromatic N) is 2. The molecule has 0 unspecified atom stereocenters. The van der Waals surface area contributed by atoms with E-state index in [2.05, 4.69) is 10.3 Å². The van der Waals surface area contributed by atoms with E-state index in [0.29, 0.717) is 0 Å². The van der Waals surface area contributed by atoms with Gasteiger partial charge in [0.15, 0.2) is 10.2 Å². The molecule has 0 saturated heterocycles. The van der Waals surface area contributed by atoms with Gasteiger partial charge in [-0.2, -0.15) is 0 Å². The second kappa shape index (κ2) is 7.72. The third-order valence-corrected chi connectivity index (χ3v) is 6.72. The van der Waals surface area contributed by atoms with Crippen LogP contribution < -0.4 is 5.32 Å². The molecule has 0 aliphatic carbocycles. The summed E-state index contributed by atoms with van der Waals surface area (Å²) in [4.78, 5) is 36.1. The predicted molar refractivity (Wildman–Crippen MR) is 92.4 cm³/mol. The second-order valence-corrected chi connectivity index (χ2v) is 8.93. The van der Waals surface area contributed by atoms with Gasteiger partial charge in [0, 0.05) is 19.1 Å². The molecule has 0 spiro atoms. The molecule has 9 nitrogen and oxygen atoms in total. The molecular weight excluding hydrogens is 390 g/mol. The zero-order valence-electron chi connectivity index (χ0n) is 12.7. The number of carbonyl (C=O) groups excluding carboxylic acids is 2. The standard InChI is InChI=1S/C13H11N3O6S3/c1-8(17)23-7-11(18)15-13-14-6-12(24-13)25(21,22)10-4-2-9(3-5-10)16(19)20/h2-6H,7H2,1H3,(H,14,15,18). The van der Waals surface area contributed by atoms with Crippen molar-refractivity contribution >= 4 is 54.8 Å². The number of thiazole rings is 1. The molecule has 0 bridgehead atoms. The van der Waals surface area contributed by atoms with Crippen LogP contribution in [0.5, 0.6) is 0 Å². The van der Waals surface area contributed by atoms with Crippen LogP contribution in [0.1, 0.15) is 6.92 Å². The van der Waals surface area contributed by atoms with Crippen molar-refractivity contribution in [2.24, 2.45) is 0 Å². The number of benzene rings is 1. The maximum Gasteiger partial charge on any atom is 0.269 e. The highest BCUT2D eigenvalue weighted by Crippen LogP contribution is 2.29. The Kier molecular flexibility index (Phi) is 5.87. The minimum absolute atomic E-state index is 0.0784. The van der Waals surface area contributed by atoms with Crippen molar-refractivity contribution in [3.8, 4) is 0 Å². The summed E-state index contributed by atoms with van der Waals surface area (Å²) >= 11 is 1.57. The quantitative estimate of drug-likeness (QED) is 0.574. The Balaban J connectivity index is 2.15. The summed E-state index contributed by atoms with van der Waals surface area (Å²) in [6.07, 6.45) is 1.09. The Hall–Kier alpha value is -2.31. The van der Waals surface area contributed by atoms with Gasteiger partial charge in [-0.1, -0.05) is 23.1 Å². The molecule has 1 heterocycles. The van der Waals surface area contributed by atoms with E-state index in [-0.39, 0.29) is 30.8 Å². The van der Waals surface area contributed by atoms with Crippen LogP contribution in [0, 0.1) is 10.1 Å². The van der Waals surface area contributed by atoms with Gasteiger partial charge in [0.2, 0.25) is 15.7 Å². The summed E-state index contributed by atoms with van der Waals surface area (Å²) in [6, 6.07) is 4.45. The molecular formula is C13H11N3O6S3. The summed E-state index contributed by atoms with van der Waals surface area (Å²) in [5, 5.41) is 12.9. The molecule has 0 radical (unpaired) electrons. The summed E-state index contributed by atoms with van der Waals surface area (Å²) in [6.45, 7) is 1.33. The lowest BCUT2D eigenvalue weighted by Gasteiger charge is -2.01. The fourth-order valence-electron chi connectivity index (χ4n) is 1.63. The molecule has 25 heavy (non-hydrogen) atoms. The van der Waals surface area contributed by atoms with E-state index in [1.807, 2.05) is 0 Å². The topological polar surface area (TPSA) is 136 Å². The Morgan fingerprint density at radius 1 is 1.32 bits per heavy atom. The van der Waals surface area contributed by atoms with Gasteiger partial charge in [-0.15, -0.1) is 0 Å². The molecule has 132 valence electrons. The Morgan fingerprint density at radius 2 is 1.96 bits per heavy atom. The highest BCUT2D eigenvalue weighted by Gasteiger charge is 2.22. The molecule has 12 heteroatoms. The fraction of sp³-hybridized carbons (Fsp3) is 0.154. The number of carbonyl (C=O) groups is 2. The van der Waals surface area contributed by atoms with E-state index in [4.69, 9.17) is 0 Å². The molecule has 2 rings (SSSR count). The number of thioether (sulfide) groups is 1. The number of hydrogen-bond acceptors (Lipinski definition) is 9. The molecule has 1 aromatic carbocycles. The smallest absolute Gasteiger partial charge is 0.269 e. The maximum atomic E-state index is 12.5. The van der Waals surface area contributed by atoms with Crippen molar-refractivity contribution in [1.82, 2.24) is 4.98 Å². The summed E-state index contributed by atoms with van der Waals surface area (Å²) in [5.74, 6) is -0.576. The lowest BCUT2D eigenvalue weighted by Crippen LogP contribution is -2.14. The van der Waals surface area contributed by atoms with Crippen LogP contribution in [0.15, 0.2) is 39.6 Å². The van der Waals surface area contributed by atoms with Crippen LogP contribution >= 0.6 is 23.1 Å². The van der Waals surface area contributed by atoms with Gasteiger partial charge in [-0.25, -0.2) is 13.4 Å². The minimum Gasteiger partial charge on any atom is -0.301 e. The van der Waals surface area contributed by atoms with Crippen molar-refractivity contribution in [3.63, 3.8) is 0 Å². The van der Waals surface area contributed by atoms with Gasteiger partial charge >= 0.3 is 0 Å². The highest BCUT2D eigenvalue weighted by molar-refractivity contribution is 8.14. The van der Waals surface area contributed by atoms with Crippen LogP contribution in [-0.2, 0) is 19.4 Å². The Morgan fingerprint density at radius 3 is 2.52 bits per heavy atom. The van der Waals surface area contributed by atoms with Crippen LogP contribution in [0.4, 0.5) is 10.8 Å². The highest BCUT2D eigenvalue weighted by atomic mass is 32.2. The van der Waals surface area contributed by atoms with Gasteiger partial charge in [-0.3, -0.25) is 19.7 Å². The normalized spacial score (nSPS) is 11.1. The van der Waals surface area contributed by atoms with Crippen molar-refractivity contribution in [2.45, 2.75) is 16.0 Å². The first-order valence-electron chi connectivity index (χ1n) is 6.59. The SMILES string of the molecule is CC(=O)SCC(=O)Nc1ncc(S(=O)(=O)c2ccc([N+](=O)[O-])cc2)s1. The van der Waals surface area contributed by atoms with Gasteiger partial charge in [0.1, 0.15) is 4.21 Å². The van der Waals surface area contributed by atoms with Crippen LogP contribution in [-0.4, -0.2) is 35.1 Å². The third-order valence-electron chi connectivity index (χ3n) is 2.76. The number of nitro benzene ring substituents is 1. The number of anilines is 1. The Bertz CT molecular complexity index is 921. The predicted octanol–water partition coefficient (Wildman–Crippen LogP) is 2.10. The molecule has 0 aliphatic rings. The van der Waals surface area contributed by atoms with Crippen molar-refractivity contribution < 1.29 is 22.9 Å². The van der Waals surface area contributed by atoms with Gasteiger partial charge in [-0.05, 0) is 12.1 Å². The average molecular weight is 401 g/mol. The molecule has 0 aliphatic heterocycles. The number of nitrogens with one attached hydrogen (secondary N) is 1. The van der Waals surface area contributed by atoms with Crippen molar-refractivity contribution in [3.05, 3.63) is 40.6 Å². The summed E-state index contributed by atoms with van der Waals surface area (Å²) < 4.78 is 24.8. The van der Waals surface area contributed by atoms with Crippen LogP contribution in [0.25, 0.3) is 0 Å². The second-order valence-electron chi connectivity index (χ2n) is 4.57. The lowest BCUT2D eigenvalue weighted by molar-refractivity contribution is -0.384. The molecule has 2 aromatic rings. The van der Waals surface area contributed by atoms with Gasteiger partial charge in [0.05, 0.1) is 21.8 Å². The number of hydrogen-bond donors (Lipinski definition) is 1. The van der Waals surface area contributed by atoms with E-state index < -0.39 is 20.7 Å². The first kappa shape index (κ1) is 19.0. The zero-order valence-corrected chi connectivity index (χ0v) is 15.1. The zero-order chi connectivity index (χ0) is 18.6. The number of non-ortho nitro benzene ring substituents is 1. The van der Waals surface area contributed by atoms with E-state index in [9.17, 15) is 28.1 Å². The average Bonchev–Trinajstić information content (AvgIpc) is 3.02. The van der Waals surface area contributed by atoms with E-state index >= 15 is 0 Å². The molecule has 0 saturated carbocycles. The van der Waals surface area contributed by atoms with Gasteiger partial charge in [0.25, 0.3) is 5.69 Å². The van der Waals surface area contributed by atoms with Crippen LogP contribution in [0.2, 0.25) is 0 Å². The van der Waals surface area contributed by atoms with Crippen LogP contribution in [0.3, 0.4) is 0 Å². The van der Waals surface area contributed by atoms with E-state index in [1.165, 1.54) is 6.92 Å². The molecule has 0 atom stereocenters. The number of sulfone groups is 1. The number of nitro groups is 1. The molecule has 1 aromatic heterocycles. The number of rotatable bonds is 6. The van der Waals surface area contributed by atoms with E-state index in [1.54, 1.807) is 0 Å². The number of amides is 1. The number of aromatic nitrogens is 1. The maximum absolute atomic E-state index is 12.5. The Labute approximate surface area is 150 Å². The van der Waals surface area contributed by atoms with Crippen molar-refractivity contribution in [2.75, 3.05) is 11.1 Å². The minimum atomic E-state index is -3.90. The fourth-order valence-corrected chi connectivity index (χ4v) is 4.48. The lowest BCUT2D eigenvalue weighted by atomic mass is 10.3. The molecule has 1 amide bonds. The molecule has 1 N–H and O–H groups in total. The first-order chi connectivity index (χ1) is 11.7. The molecule has 0 fully saturated rings. The van der Waals surface area contributed by atoms with Crippen molar-refractivity contribution in [1.29, 1.82) is 0 Å². The third kappa shape index (κ3) is 4.84. The van der Waals surface area contributed by atoms with E-state index in [0.717, 1.165) is 53.6 Å². The first-order valence-corrected chi connectivity index (χ1v) is 9.87. The summed E-state index contributed by atoms with van der Waals surface area (Å²) in [5.41, 5.74) is -0.223. The largest absolute Gasteiger partial charge is 0.301 e. The monoisotopic (exact) mass is 401 g/mol. The summed E-state index contributed by atoms with van der Waals surface area (Å²) in [7, 11) is -3.90.